The van der Waals surface area contributed by atoms with Crippen molar-refractivity contribution in [2.24, 2.45) is 11.5 Å². The Bertz CT molecular complexity index is 134. The molecule has 1 amide bonds. The second-order valence-electron chi connectivity index (χ2n) is 3.06. The Morgan fingerprint density at radius 2 is 2.09 bits per heavy atom. The van der Waals surface area contributed by atoms with Gasteiger partial charge in [-0.1, -0.05) is 0 Å². The topological polar surface area (TPSA) is 81.1 Å². The highest BCUT2D eigenvalue weighted by Crippen LogP contribution is 1.98. The zero-order valence-corrected chi connectivity index (χ0v) is 7.18. The largest absolute Gasteiger partial charge is 0.368 e. The molecule has 66 valence electrons. The summed E-state index contributed by atoms with van der Waals surface area (Å²) >= 11 is 0. The lowest BCUT2D eigenvalue weighted by molar-refractivity contribution is -0.123. The molecule has 0 aromatic heterocycles. The number of carbonyl (C=O) groups is 1. The molecular formula is C7H17N3O. The lowest BCUT2D eigenvalue weighted by atomic mass is 10.1. The summed E-state index contributed by atoms with van der Waals surface area (Å²) in [4.78, 5) is 10.7. The van der Waals surface area contributed by atoms with E-state index in [1.807, 2.05) is 0 Å². The highest BCUT2D eigenvalue weighted by Gasteiger charge is 2.22. The van der Waals surface area contributed by atoms with Crippen molar-refractivity contribution in [3.63, 3.8) is 0 Å². The molecule has 0 aromatic carbocycles. The SMILES string of the molecule is CC(C)(NCCCN)C(N)=O. The standard InChI is InChI=1S/C7H17N3O/c1-7(2,6(9)11)10-5-3-4-8/h10H,3-5,8H2,1-2H3,(H2,9,11). The van der Waals surface area contributed by atoms with E-state index in [1.54, 1.807) is 13.8 Å². The van der Waals surface area contributed by atoms with E-state index >= 15 is 0 Å². The predicted octanol–water partition coefficient (Wildman–Crippen LogP) is -0.811. The maximum Gasteiger partial charge on any atom is 0.237 e. The average Bonchev–Trinajstić information content (AvgIpc) is 1.88. The van der Waals surface area contributed by atoms with E-state index in [9.17, 15) is 4.79 Å². The average molecular weight is 159 g/mol. The van der Waals surface area contributed by atoms with Crippen LogP contribution in [0.15, 0.2) is 0 Å². The van der Waals surface area contributed by atoms with Crippen molar-refractivity contribution < 1.29 is 4.79 Å². The molecular weight excluding hydrogens is 142 g/mol. The van der Waals surface area contributed by atoms with E-state index < -0.39 is 5.54 Å². The fourth-order valence-corrected chi connectivity index (χ4v) is 0.590. The molecule has 11 heavy (non-hydrogen) atoms. The van der Waals surface area contributed by atoms with Crippen LogP contribution in [0.2, 0.25) is 0 Å². The number of hydrogen-bond acceptors (Lipinski definition) is 3. The third-order valence-electron chi connectivity index (χ3n) is 1.56. The molecule has 0 radical (unpaired) electrons. The zero-order chi connectivity index (χ0) is 8.91. The van der Waals surface area contributed by atoms with Crippen LogP contribution < -0.4 is 16.8 Å². The van der Waals surface area contributed by atoms with E-state index in [0.717, 1.165) is 13.0 Å². The maximum absolute atomic E-state index is 10.7. The van der Waals surface area contributed by atoms with Gasteiger partial charge in [-0.3, -0.25) is 4.79 Å². The summed E-state index contributed by atoms with van der Waals surface area (Å²) in [5.74, 6) is -0.338. The van der Waals surface area contributed by atoms with Crippen LogP contribution in [0, 0.1) is 0 Å². The molecule has 0 saturated carbocycles. The third-order valence-corrected chi connectivity index (χ3v) is 1.56. The normalized spacial score (nSPS) is 11.5. The van der Waals surface area contributed by atoms with Crippen molar-refractivity contribution in [1.82, 2.24) is 5.32 Å². The first kappa shape index (κ1) is 10.4. The second-order valence-corrected chi connectivity index (χ2v) is 3.06. The number of rotatable bonds is 5. The summed E-state index contributed by atoms with van der Waals surface area (Å²) < 4.78 is 0. The van der Waals surface area contributed by atoms with Crippen molar-refractivity contribution in [1.29, 1.82) is 0 Å². The minimum Gasteiger partial charge on any atom is -0.368 e. The van der Waals surface area contributed by atoms with E-state index in [4.69, 9.17) is 11.5 Å². The monoisotopic (exact) mass is 159 g/mol. The van der Waals surface area contributed by atoms with Crippen molar-refractivity contribution in [3.05, 3.63) is 0 Å². The van der Waals surface area contributed by atoms with Gasteiger partial charge in [0, 0.05) is 0 Å². The minimum atomic E-state index is -0.616. The van der Waals surface area contributed by atoms with Gasteiger partial charge in [0.2, 0.25) is 5.91 Å². The Kier molecular flexibility index (Phi) is 4.07. The van der Waals surface area contributed by atoms with Crippen LogP contribution in [-0.2, 0) is 4.79 Å². The van der Waals surface area contributed by atoms with Gasteiger partial charge in [0.25, 0.3) is 0 Å². The van der Waals surface area contributed by atoms with Crippen molar-refractivity contribution >= 4 is 5.91 Å². The molecule has 0 saturated heterocycles. The predicted molar refractivity (Wildman–Crippen MR) is 44.9 cm³/mol. The quantitative estimate of drug-likeness (QED) is 0.459. The number of nitrogens with one attached hydrogen (secondary N) is 1. The Labute approximate surface area is 67.3 Å². The van der Waals surface area contributed by atoms with Crippen molar-refractivity contribution in [3.8, 4) is 0 Å². The Morgan fingerprint density at radius 3 is 2.45 bits per heavy atom. The van der Waals surface area contributed by atoms with Gasteiger partial charge in [-0.05, 0) is 33.4 Å². The fourth-order valence-electron chi connectivity index (χ4n) is 0.590. The number of hydrogen-bond donors (Lipinski definition) is 3. The minimum absolute atomic E-state index is 0.338. The summed E-state index contributed by atoms with van der Waals surface area (Å²) in [5, 5.41) is 3.00. The number of amides is 1. The van der Waals surface area contributed by atoms with E-state index in [2.05, 4.69) is 5.32 Å². The first-order chi connectivity index (χ1) is 5.00. The molecule has 0 aromatic rings. The molecule has 0 aliphatic heterocycles. The van der Waals surface area contributed by atoms with Gasteiger partial charge in [0.05, 0.1) is 5.54 Å². The van der Waals surface area contributed by atoms with Gasteiger partial charge in [0.1, 0.15) is 0 Å². The fraction of sp³-hybridized carbons (Fsp3) is 0.857. The van der Waals surface area contributed by atoms with Gasteiger partial charge in [0.15, 0.2) is 0 Å². The van der Waals surface area contributed by atoms with Crippen LogP contribution in [0.25, 0.3) is 0 Å². The maximum atomic E-state index is 10.7. The summed E-state index contributed by atoms with van der Waals surface area (Å²) in [7, 11) is 0. The summed E-state index contributed by atoms with van der Waals surface area (Å²) in [6.07, 6.45) is 0.858. The van der Waals surface area contributed by atoms with Gasteiger partial charge < -0.3 is 16.8 Å². The molecule has 0 spiro atoms. The molecule has 0 aliphatic carbocycles. The summed E-state index contributed by atoms with van der Waals surface area (Å²) in [5.41, 5.74) is 9.78. The molecule has 5 N–H and O–H groups in total. The van der Waals surface area contributed by atoms with Crippen LogP contribution in [-0.4, -0.2) is 24.5 Å². The Hall–Kier alpha value is -0.610. The van der Waals surface area contributed by atoms with Gasteiger partial charge in [-0.15, -0.1) is 0 Å². The van der Waals surface area contributed by atoms with Gasteiger partial charge >= 0.3 is 0 Å². The van der Waals surface area contributed by atoms with Crippen LogP contribution in [0.3, 0.4) is 0 Å². The molecule has 0 heterocycles. The first-order valence-corrected chi connectivity index (χ1v) is 3.75. The van der Waals surface area contributed by atoms with E-state index in [0.29, 0.717) is 6.54 Å². The first-order valence-electron chi connectivity index (χ1n) is 3.75. The zero-order valence-electron chi connectivity index (χ0n) is 7.18. The van der Waals surface area contributed by atoms with Crippen LogP contribution in [0.5, 0.6) is 0 Å². The lowest BCUT2D eigenvalue weighted by Crippen LogP contribution is -2.51. The van der Waals surface area contributed by atoms with Gasteiger partial charge in [-0.25, -0.2) is 0 Å². The summed E-state index contributed by atoms with van der Waals surface area (Å²) in [6.45, 7) is 4.87. The number of primary amides is 1. The molecule has 0 aliphatic rings. The van der Waals surface area contributed by atoms with Crippen LogP contribution in [0.4, 0.5) is 0 Å². The van der Waals surface area contributed by atoms with Crippen molar-refractivity contribution in [2.75, 3.05) is 13.1 Å². The molecule has 0 atom stereocenters. The highest BCUT2D eigenvalue weighted by molar-refractivity contribution is 5.83. The summed E-state index contributed by atoms with van der Waals surface area (Å²) in [6, 6.07) is 0. The number of nitrogens with two attached hydrogens (primary N) is 2. The molecule has 4 heteroatoms. The van der Waals surface area contributed by atoms with Crippen LogP contribution >= 0.6 is 0 Å². The van der Waals surface area contributed by atoms with Crippen molar-refractivity contribution in [2.45, 2.75) is 25.8 Å². The van der Waals surface area contributed by atoms with E-state index in [1.165, 1.54) is 0 Å². The van der Waals surface area contributed by atoms with Crippen LogP contribution in [0.1, 0.15) is 20.3 Å². The Balaban J connectivity index is 3.64. The lowest BCUT2D eigenvalue weighted by Gasteiger charge is -2.21. The second kappa shape index (κ2) is 4.31. The molecule has 0 rings (SSSR count). The molecule has 0 unspecified atom stereocenters. The van der Waals surface area contributed by atoms with E-state index in [-0.39, 0.29) is 5.91 Å². The molecule has 0 fully saturated rings. The third kappa shape index (κ3) is 3.95. The highest BCUT2D eigenvalue weighted by atomic mass is 16.1. The Morgan fingerprint density at radius 1 is 1.55 bits per heavy atom. The molecule has 4 nitrogen and oxygen atoms in total. The molecule has 0 bridgehead atoms. The number of carbonyl (C=O) groups excluding carboxylic acids is 1. The van der Waals surface area contributed by atoms with Gasteiger partial charge in [-0.2, -0.15) is 0 Å². The smallest absolute Gasteiger partial charge is 0.237 e.